The second-order valence-corrected chi connectivity index (χ2v) is 6.56. The number of aromatic nitrogens is 4. The summed E-state index contributed by atoms with van der Waals surface area (Å²) in [6.07, 6.45) is 12.8. The zero-order valence-corrected chi connectivity index (χ0v) is 16.4. The maximum Gasteiger partial charge on any atom is 0.187 e. The lowest BCUT2D eigenvalue weighted by molar-refractivity contribution is 0.0988. The van der Waals surface area contributed by atoms with E-state index in [9.17, 15) is 4.79 Å². The third-order valence-electron chi connectivity index (χ3n) is 4.25. The average Bonchev–Trinajstić information content (AvgIpc) is 2.74. The van der Waals surface area contributed by atoms with E-state index >= 15 is 0 Å². The molecule has 0 aliphatic carbocycles. The molecule has 3 aromatic rings. The summed E-state index contributed by atoms with van der Waals surface area (Å²) in [5, 5.41) is 3.20. The highest BCUT2D eigenvalue weighted by molar-refractivity contribution is 5.95. The second-order valence-electron chi connectivity index (χ2n) is 6.56. The van der Waals surface area contributed by atoms with Crippen LogP contribution in [0.3, 0.4) is 0 Å². The lowest BCUT2D eigenvalue weighted by atomic mass is 10.1. The van der Waals surface area contributed by atoms with Crippen LogP contribution in [0.15, 0.2) is 55.1 Å². The standard InChI is InChI=1S/C22H24N6O/c1-2-3-4-6-17-13-28-20(15-26-17)21(29)12-16-8-10-24-18(11-16)14-27-19-7-5-9-25-22(19)23/h4-11,13,15,27H,2-3,12,14H2,1H3,(H2,23,25)/b6-4+. The van der Waals surface area contributed by atoms with Crippen LogP contribution < -0.4 is 11.1 Å². The van der Waals surface area contributed by atoms with Crippen molar-refractivity contribution < 1.29 is 4.79 Å². The molecule has 0 aliphatic heterocycles. The highest BCUT2D eigenvalue weighted by Gasteiger charge is 2.10. The number of Topliss-reactive ketones (excluding diaryl/α,β-unsaturated/α-hetero) is 1. The van der Waals surface area contributed by atoms with E-state index in [1.807, 2.05) is 30.3 Å². The largest absolute Gasteiger partial charge is 0.382 e. The van der Waals surface area contributed by atoms with E-state index in [1.54, 1.807) is 18.6 Å². The molecule has 0 aromatic carbocycles. The smallest absolute Gasteiger partial charge is 0.187 e. The van der Waals surface area contributed by atoms with Crippen molar-refractivity contribution in [1.82, 2.24) is 19.9 Å². The van der Waals surface area contributed by atoms with E-state index in [2.05, 4.69) is 38.3 Å². The molecule has 0 fully saturated rings. The number of ketones is 1. The van der Waals surface area contributed by atoms with Crippen LogP contribution in [0.5, 0.6) is 0 Å². The fourth-order valence-corrected chi connectivity index (χ4v) is 2.70. The molecule has 3 aromatic heterocycles. The molecule has 148 valence electrons. The van der Waals surface area contributed by atoms with Gasteiger partial charge in [-0.1, -0.05) is 19.4 Å². The van der Waals surface area contributed by atoms with Crippen molar-refractivity contribution in [3.05, 3.63) is 77.8 Å². The van der Waals surface area contributed by atoms with E-state index in [0.717, 1.165) is 35.5 Å². The van der Waals surface area contributed by atoms with E-state index in [0.29, 0.717) is 18.1 Å². The van der Waals surface area contributed by atoms with Crippen LogP contribution in [-0.2, 0) is 13.0 Å². The summed E-state index contributed by atoms with van der Waals surface area (Å²) in [7, 11) is 0. The van der Waals surface area contributed by atoms with E-state index in [4.69, 9.17) is 5.73 Å². The summed E-state index contributed by atoms with van der Waals surface area (Å²) in [5.74, 6) is 0.355. The van der Waals surface area contributed by atoms with Gasteiger partial charge in [0, 0.05) is 18.8 Å². The first-order chi connectivity index (χ1) is 14.2. The lowest BCUT2D eigenvalue weighted by Crippen LogP contribution is -2.09. The molecule has 0 unspecified atom stereocenters. The summed E-state index contributed by atoms with van der Waals surface area (Å²) in [6.45, 7) is 2.60. The zero-order valence-electron chi connectivity index (χ0n) is 16.4. The third-order valence-corrected chi connectivity index (χ3v) is 4.25. The number of carbonyl (C=O) groups is 1. The van der Waals surface area contributed by atoms with Gasteiger partial charge in [-0.3, -0.25) is 14.8 Å². The molecule has 7 heteroatoms. The van der Waals surface area contributed by atoms with Gasteiger partial charge in [0.15, 0.2) is 5.78 Å². The maximum absolute atomic E-state index is 12.5. The quantitative estimate of drug-likeness (QED) is 0.538. The molecule has 0 aliphatic rings. The Kier molecular flexibility index (Phi) is 7.00. The Balaban J connectivity index is 1.60. The molecule has 0 saturated heterocycles. The van der Waals surface area contributed by atoms with Crippen molar-refractivity contribution in [3.8, 4) is 0 Å². The van der Waals surface area contributed by atoms with Crippen LogP contribution >= 0.6 is 0 Å². The molecule has 7 nitrogen and oxygen atoms in total. The first-order valence-corrected chi connectivity index (χ1v) is 9.55. The molecule has 3 rings (SSSR count). The van der Waals surface area contributed by atoms with E-state index < -0.39 is 0 Å². The summed E-state index contributed by atoms with van der Waals surface area (Å²) >= 11 is 0. The van der Waals surface area contributed by atoms with Crippen molar-refractivity contribution in [2.45, 2.75) is 32.7 Å². The molecule has 29 heavy (non-hydrogen) atoms. The Labute approximate surface area is 170 Å². The Morgan fingerprint density at radius 3 is 2.79 bits per heavy atom. The van der Waals surface area contributed by atoms with Crippen molar-refractivity contribution in [3.63, 3.8) is 0 Å². The first-order valence-electron chi connectivity index (χ1n) is 9.55. The number of nitrogen functional groups attached to an aromatic ring is 1. The number of allylic oxidation sites excluding steroid dienone is 1. The SMILES string of the molecule is CCC/C=C/c1cnc(C(=O)Cc2ccnc(CNc3cccnc3N)c2)cn1. The molecular formula is C22H24N6O. The molecule has 0 atom stereocenters. The maximum atomic E-state index is 12.5. The van der Waals surface area contributed by atoms with Crippen LogP contribution in [0.1, 0.15) is 47.2 Å². The summed E-state index contributed by atoms with van der Waals surface area (Å²) in [6, 6.07) is 7.39. The lowest BCUT2D eigenvalue weighted by Gasteiger charge is -2.08. The van der Waals surface area contributed by atoms with Crippen molar-refractivity contribution in [2.24, 2.45) is 0 Å². The number of carbonyl (C=O) groups excluding carboxylic acids is 1. The number of hydrogen-bond donors (Lipinski definition) is 2. The Morgan fingerprint density at radius 2 is 2.03 bits per heavy atom. The molecule has 0 bridgehead atoms. The van der Waals surface area contributed by atoms with Crippen molar-refractivity contribution in [2.75, 3.05) is 11.1 Å². The summed E-state index contributed by atoms with van der Waals surface area (Å²) in [5.41, 5.74) is 9.37. The Hall–Kier alpha value is -3.61. The van der Waals surface area contributed by atoms with E-state index in [-0.39, 0.29) is 12.2 Å². The van der Waals surface area contributed by atoms with Crippen LogP contribution in [0.4, 0.5) is 11.5 Å². The van der Waals surface area contributed by atoms with Crippen molar-refractivity contribution >= 4 is 23.4 Å². The summed E-state index contributed by atoms with van der Waals surface area (Å²) < 4.78 is 0. The minimum Gasteiger partial charge on any atom is -0.382 e. The highest BCUT2D eigenvalue weighted by Crippen LogP contribution is 2.15. The molecule has 3 heterocycles. The fraction of sp³-hybridized carbons (Fsp3) is 0.227. The third kappa shape index (κ3) is 5.93. The molecule has 0 saturated carbocycles. The number of hydrogen-bond acceptors (Lipinski definition) is 7. The van der Waals surface area contributed by atoms with Crippen LogP contribution in [0.2, 0.25) is 0 Å². The van der Waals surface area contributed by atoms with Gasteiger partial charge in [-0.25, -0.2) is 9.97 Å². The first kappa shape index (κ1) is 20.1. The van der Waals surface area contributed by atoms with Gasteiger partial charge in [-0.15, -0.1) is 0 Å². The number of pyridine rings is 2. The molecule has 0 amide bonds. The van der Waals surface area contributed by atoms with Crippen molar-refractivity contribution in [1.29, 1.82) is 0 Å². The van der Waals surface area contributed by atoms with E-state index in [1.165, 1.54) is 6.20 Å². The highest BCUT2D eigenvalue weighted by atomic mass is 16.1. The topological polar surface area (TPSA) is 107 Å². The Morgan fingerprint density at radius 1 is 1.14 bits per heavy atom. The van der Waals surface area contributed by atoms with Gasteiger partial charge >= 0.3 is 0 Å². The number of unbranched alkanes of at least 4 members (excludes halogenated alkanes) is 1. The molecule has 3 N–H and O–H groups in total. The van der Waals surface area contributed by atoms with Crippen LogP contribution in [0.25, 0.3) is 6.08 Å². The van der Waals surface area contributed by atoms with Crippen LogP contribution in [0, 0.1) is 0 Å². The van der Waals surface area contributed by atoms with Gasteiger partial charge in [0.1, 0.15) is 11.5 Å². The number of nitrogens with zero attached hydrogens (tertiary/aromatic N) is 4. The van der Waals surface area contributed by atoms with Crippen LogP contribution in [-0.4, -0.2) is 25.7 Å². The van der Waals surface area contributed by atoms with Gasteiger partial charge in [0.05, 0.1) is 36.0 Å². The van der Waals surface area contributed by atoms with Gasteiger partial charge in [-0.05, 0) is 42.3 Å². The van der Waals surface area contributed by atoms with Gasteiger partial charge in [0.25, 0.3) is 0 Å². The second kappa shape index (κ2) is 10.1. The average molecular weight is 388 g/mol. The number of rotatable bonds is 9. The monoisotopic (exact) mass is 388 g/mol. The number of nitrogens with one attached hydrogen (secondary N) is 1. The zero-order chi connectivity index (χ0) is 20.5. The number of nitrogens with two attached hydrogens (primary N) is 1. The normalized spacial score (nSPS) is 10.9. The molecule has 0 radical (unpaired) electrons. The summed E-state index contributed by atoms with van der Waals surface area (Å²) in [4.78, 5) is 29.5. The van der Waals surface area contributed by atoms with Gasteiger partial charge < -0.3 is 11.1 Å². The number of anilines is 2. The predicted octanol–water partition coefficient (Wildman–Crippen LogP) is 3.70. The molecular weight excluding hydrogens is 364 g/mol. The minimum absolute atomic E-state index is 0.0804. The van der Waals surface area contributed by atoms with Gasteiger partial charge in [-0.2, -0.15) is 0 Å². The minimum atomic E-state index is -0.0804. The van der Waals surface area contributed by atoms with Gasteiger partial charge in [0.2, 0.25) is 0 Å². The fourth-order valence-electron chi connectivity index (χ4n) is 2.70. The Bertz CT molecular complexity index is 985. The molecule has 0 spiro atoms. The predicted molar refractivity (Wildman–Crippen MR) is 114 cm³/mol.